The van der Waals surface area contributed by atoms with E-state index in [1.165, 1.54) is 6.42 Å². The van der Waals surface area contributed by atoms with E-state index < -0.39 is 0 Å². The van der Waals surface area contributed by atoms with Gasteiger partial charge in [0.2, 0.25) is 5.88 Å². The number of piperidine rings is 2. The van der Waals surface area contributed by atoms with Crippen LogP contribution in [0.1, 0.15) is 43.2 Å². The predicted octanol–water partition coefficient (Wildman–Crippen LogP) is 4.03. The Hall–Kier alpha value is -2.78. The van der Waals surface area contributed by atoms with Crippen LogP contribution in [0, 0.1) is 18.3 Å². The number of aryl methyl sites for hydroxylation is 1. The van der Waals surface area contributed by atoms with Crippen LogP contribution in [0.2, 0.25) is 0 Å². The molecule has 1 aromatic carbocycles. The molecule has 2 aliphatic heterocycles. The standard InChI is InChI=1S/C22H25N3O3/c1-15-6-9-22(24-14-15)28-25-17-4-3-5-18(25)12-20(11-17)27-21-8-7-19(26-2)10-16(21)13-23/h6-10,14,17-18,20H,3-5,11-12H2,1-2H3/t17-,18+,20+. The minimum absolute atomic E-state index is 0.0709. The first-order valence-electron chi connectivity index (χ1n) is 9.80. The van der Waals surface area contributed by atoms with E-state index in [2.05, 4.69) is 16.1 Å². The van der Waals surface area contributed by atoms with Crippen molar-refractivity contribution in [1.82, 2.24) is 10.0 Å². The molecule has 3 heterocycles. The number of pyridine rings is 1. The van der Waals surface area contributed by atoms with Crippen LogP contribution in [-0.4, -0.2) is 35.3 Å². The minimum atomic E-state index is 0.0709. The first-order chi connectivity index (χ1) is 13.7. The second-order valence-electron chi connectivity index (χ2n) is 7.55. The number of fused-ring (bicyclic) bond motifs is 2. The quantitative estimate of drug-likeness (QED) is 0.781. The maximum Gasteiger partial charge on any atom is 0.238 e. The first kappa shape index (κ1) is 18.6. The van der Waals surface area contributed by atoms with Gasteiger partial charge in [0.15, 0.2) is 0 Å². The molecule has 2 aliphatic rings. The molecule has 0 unspecified atom stereocenters. The molecule has 6 nitrogen and oxygen atoms in total. The van der Waals surface area contributed by atoms with Gasteiger partial charge in [-0.25, -0.2) is 4.98 Å². The smallest absolute Gasteiger partial charge is 0.238 e. The van der Waals surface area contributed by atoms with Crippen LogP contribution in [0.25, 0.3) is 0 Å². The van der Waals surface area contributed by atoms with Gasteiger partial charge in [-0.2, -0.15) is 5.26 Å². The van der Waals surface area contributed by atoms with Crippen molar-refractivity contribution in [3.63, 3.8) is 0 Å². The average Bonchev–Trinajstić information content (AvgIpc) is 2.70. The summed E-state index contributed by atoms with van der Waals surface area (Å²) in [6, 6.07) is 12.1. The van der Waals surface area contributed by atoms with E-state index in [4.69, 9.17) is 14.3 Å². The zero-order valence-electron chi connectivity index (χ0n) is 16.3. The van der Waals surface area contributed by atoms with Gasteiger partial charge in [0, 0.05) is 43.3 Å². The van der Waals surface area contributed by atoms with Gasteiger partial charge < -0.3 is 14.3 Å². The third kappa shape index (κ3) is 3.90. The zero-order chi connectivity index (χ0) is 19.5. The largest absolute Gasteiger partial charge is 0.497 e. The van der Waals surface area contributed by atoms with E-state index in [0.29, 0.717) is 35.0 Å². The molecule has 0 N–H and O–H groups in total. The van der Waals surface area contributed by atoms with Crippen molar-refractivity contribution in [3.8, 4) is 23.4 Å². The number of nitriles is 1. The number of methoxy groups -OCH3 is 1. The van der Waals surface area contributed by atoms with Crippen molar-refractivity contribution >= 4 is 0 Å². The lowest BCUT2D eigenvalue weighted by molar-refractivity contribution is -0.185. The van der Waals surface area contributed by atoms with E-state index >= 15 is 0 Å². The zero-order valence-corrected chi connectivity index (χ0v) is 16.3. The van der Waals surface area contributed by atoms with Gasteiger partial charge in [-0.1, -0.05) is 12.5 Å². The molecule has 2 saturated heterocycles. The van der Waals surface area contributed by atoms with Crippen molar-refractivity contribution < 1.29 is 14.3 Å². The highest BCUT2D eigenvalue weighted by Crippen LogP contribution is 2.37. The molecule has 0 saturated carbocycles. The molecule has 6 heteroatoms. The maximum atomic E-state index is 9.43. The Labute approximate surface area is 165 Å². The van der Waals surface area contributed by atoms with E-state index in [0.717, 1.165) is 31.2 Å². The number of hydrogen-bond acceptors (Lipinski definition) is 6. The van der Waals surface area contributed by atoms with Gasteiger partial charge in [-0.15, -0.1) is 5.06 Å². The molecule has 2 bridgehead atoms. The molecule has 146 valence electrons. The van der Waals surface area contributed by atoms with Gasteiger partial charge in [0.05, 0.1) is 12.7 Å². The number of benzene rings is 1. The van der Waals surface area contributed by atoms with Crippen LogP contribution in [0.3, 0.4) is 0 Å². The van der Waals surface area contributed by atoms with Gasteiger partial charge in [0.1, 0.15) is 23.7 Å². The van der Waals surface area contributed by atoms with E-state index in [1.807, 2.05) is 37.4 Å². The summed E-state index contributed by atoms with van der Waals surface area (Å²) < 4.78 is 11.5. The maximum absolute atomic E-state index is 9.43. The minimum Gasteiger partial charge on any atom is -0.497 e. The SMILES string of the molecule is COc1ccc(O[C@H]2C[C@H]3CCC[C@@H](C2)N3Oc2ccc(C)cn2)c(C#N)c1. The van der Waals surface area contributed by atoms with Gasteiger partial charge >= 0.3 is 0 Å². The summed E-state index contributed by atoms with van der Waals surface area (Å²) in [6.07, 6.45) is 7.01. The molecule has 1 aromatic heterocycles. The van der Waals surface area contributed by atoms with Crippen LogP contribution in [0.4, 0.5) is 0 Å². The summed E-state index contributed by atoms with van der Waals surface area (Å²) in [6.45, 7) is 2.02. The van der Waals surface area contributed by atoms with Crippen LogP contribution in [0.5, 0.6) is 17.4 Å². The van der Waals surface area contributed by atoms with Crippen LogP contribution in [0.15, 0.2) is 36.5 Å². The highest BCUT2D eigenvalue weighted by atomic mass is 16.7. The molecular weight excluding hydrogens is 354 g/mol. The summed E-state index contributed by atoms with van der Waals surface area (Å²) in [5.41, 5.74) is 1.62. The topological polar surface area (TPSA) is 67.6 Å². The van der Waals surface area contributed by atoms with E-state index in [-0.39, 0.29) is 6.10 Å². The average molecular weight is 379 g/mol. The Morgan fingerprint density at radius 1 is 1.14 bits per heavy atom. The number of ether oxygens (including phenoxy) is 2. The summed E-state index contributed by atoms with van der Waals surface area (Å²) in [5, 5.41) is 11.6. The van der Waals surface area contributed by atoms with Crippen molar-refractivity contribution in [3.05, 3.63) is 47.7 Å². The molecule has 0 spiro atoms. The van der Waals surface area contributed by atoms with Crippen molar-refractivity contribution in [1.29, 1.82) is 5.26 Å². The summed E-state index contributed by atoms with van der Waals surface area (Å²) >= 11 is 0. The third-order valence-electron chi connectivity index (χ3n) is 5.55. The Morgan fingerprint density at radius 2 is 1.93 bits per heavy atom. The highest BCUT2D eigenvalue weighted by molar-refractivity contribution is 5.47. The second-order valence-corrected chi connectivity index (χ2v) is 7.55. The lowest BCUT2D eigenvalue weighted by atomic mass is 9.84. The van der Waals surface area contributed by atoms with Crippen molar-refractivity contribution in [2.75, 3.05) is 7.11 Å². The fourth-order valence-corrected chi connectivity index (χ4v) is 4.16. The van der Waals surface area contributed by atoms with Crippen molar-refractivity contribution in [2.45, 2.75) is 57.2 Å². The van der Waals surface area contributed by atoms with Crippen LogP contribution >= 0.6 is 0 Å². The molecule has 4 rings (SSSR count). The third-order valence-corrected chi connectivity index (χ3v) is 5.55. The van der Waals surface area contributed by atoms with E-state index in [9.17, 15) is 5.26 Å². The molecule has 3 atom stereocenters. The number of rotatable bonds is 5. The Morgan fingerprint density at radius 3 is 2.57 bits per heavy atom. The van der Waals surface area contributed by atoms with Crippen LogP contribution < -0.4 is 14.3 Å². The molecular formula is C22H25N3O3. The van der Waals surface area contributed by atoms with Gasteiger partial charge in [-0.05, 0) is 37.5 Å². The lowest BCUT2D eigenvalue weighted by Gasteiger charge is -2.46. The van der Waals surface area contributed by atoms with Crippen molar-refractivity contribution in [2.24, 2.45) is 0 Å². The monoisotopic (exact) mass is 379 g/mol. The molecule has 0 aliphatic carbocycles. The lowest BCUT2D eigenvalue weighted by Crippen LogP contribution is -2.55. The molecule has 2 aromatic rings. The fraction of sp³-hybridized carbons (Fsp3) is 0.455. The normalized spacial score (nSPS) is 24.2. The first-order valence-corrected chi connectivity index (χ1v) is 9.80. The summed E-state index contributed by atoms with van der Waals surface area (Å²) in [7, 11) is 1.59. The van der Waals surface area contributed by atoms with Crippen LogP contribution in [-0.2, 0) is 0 Å². The molecule has 0 amide bonds. The Kier molecular flexibility index (Phi) is 5.36. The second kappa shape index (κ2) is 8.07. The molecule has 2 fully saturated rings. The van der Waals surface area contributed by atoms with Gasteiger partial charge in [-0.3, -0.25) is 0 Å². The summed E-state index contributed by atoms with van der Waals surface area (Å²) in [5.74, 6) is 1.93. The Balaban J connectivity index is 1.46. The van der Waals surface area contributed by atoms with Gasteiger partial charge in [0.25, 0.3) is 0 Å². The summed E-state index contributed by atoms with van der Waals surface area (Å²) in [4.78, 5) is 10.5. The number of aromatic nitrogens is 1. The number of hydroxylamine groups is 2. The highest BCUT2D eigenvalue weighted by Gasteiger charge is 2.41. The Bertz CT molecular complexity index is 848. The number of nitrogens with zero attached hydrogens (tertiary/aromatic N) is 3. The fourth-order valence-electron chi connectivity index (χ4n) is 4.16. The van der Waals surface area contributed by atoms with E-state index in [1.54, 1.807) is 13.2 Å². The number of hydrogen-bond donors (Lipinski definition) is 0. The molecule has 28 heavy (non-hydrogen) atoms. The molecule has 0 radical (unpaired) electrons. The predicted molar refractivity (Wildman–Crippen MR) is 104 cm³/mol.